The minimum absolute atomic E-state index is 0.0124. The van der Waals surface area contributed by atoms with Gasteiger partial charge in [-0.25, -0.2) is 0 Å². The third kappa shape index (κ3) is 3.70. The van der Waals surface area contributed by atoms with Gasteiger partial charge >= 0.3 is 0 Å². The summed E-state index contributed by atoms with van der Waals surface area (Å²) in [6, 6.07) is -0.159. The number of carbonyl (C=O) groups is 3. The lowest BCUT2D eigenvalue weighted by atomic mass is 10.2. The van der Waals surface area contributed by atoms with E-state index in [-0.39, 0.29) is 37.4 Å². The highest BCUT2D eigenvalue weighted by molar-refractivity contribution is 5.89. The van der Waals surface area contributed by atoms with Gasteiger partial charge in [0.2, 0.25) is 17.7 Å². The van der Waals surface area contributed by atoms with Crippen LogP contribution in [0.4, 0.5) is 0 Å². The Hall–Kier alpha value is -1.63. The van der Waals surface area contributed by atoms with E-state index in [9.17, 15) is 14.4 Å². The first-order chi connectivity index (χ1) is 8.15. The monoisotopic (exact) mass is 240 g/mol. The van der Waals surface area contributed by atoms with Crippen LogP contribution in [-0.4, -0.2) is 49.4 Å². The molecule has 0 aromatic rings. The molecule has 4 N–H and O–H groups in total. The van der Waals surface area contributed by atoms with Crippen molar-refractivity contribution in [2.45, 2.75) is 24.9 Å². The summed E-state index contributed by atoms with van der Waals surface area (Å²) in [5.74, 6) is -0.558. The van der Waals surface area contributed by atoms with E-state index in [1.54, 1.807) is 0 Å². The van der Waals surface area contributed by atoms with E-state index in [4.69, 9.17) is 0 Å². The first-order valence-corrected chi connectivity index (χ1v) is 5.72. The van der Waals surface area contributed by atoms with E-state index in [0.29, 0.717) is 6.04 Å². The molecular formula is C10H16N4O3. The van der Waals surface area contributed by atoms with Gasteiger partial charge in [-0.3, -0.25) is 19.7 Å². The summed E-state index contributed by atoms with van der Waals surface area (Å²) in [6.07, 6.45) is 2.05. The van der Waals surface area contributed by atoms with Crippen molar-refractivity contribution in [3.8, 4) is 0 Å². The number of hydrogen-bond acceptors (Lipinski definition) is 4. The topological polar surface area (TPSA) is 99.3 Å². The third-order valence-corrected chi connectivity index (χ3v) is 2.69. The van der Waals surface area contributed by atoms with Gasteiger partial charge < -0.3 is 16.0 Å². The van der Waals surface area contributed by atoms with Crippen molar-refractivity contribution in [3.63, 3.8) is 0 Å². The highest BCUT2D eigenvalue weighted by atomic mass is 16.2. The second kappa shape index (κ2) is 5.13. The van der Waals surface area contributed by atoms with Gasteiger partial charge in [0.15, 0.2) is 0 Å². The van der Waals surface area contributed by atoms with Crippen molar-refractivity contribution >= 4 is 17.7 Å². The Balaban J connectivity index is 1.65. The lowest BCUT2D eigenvalue weighted by molar-refractivity contribution is -0.129. The predicted molar refractivity (Wildman–Crippen MR) is 59.0 cm³/mol. The molecule has 1 atom stereocenters. The Bertz CT molecular complexity index is 330. The van der Waals surface area contributed by atoms with Crippen molar-refractivity contribution in [1.82, 2.24) is 21.3 Å². The number of hydrogen-bond donors (Lipinski definition) is 4. The first kappa shape index (κ1) is 11.8. The molecule has 0 bridgehead atoms. The molecule has 7 nitrogen and oxygen atoms in total. The molecule has 0 aromatic carbocycles. The van der Waals surface area contributed by atoms with Gasteiger partial charge in [0.25, 0.3) is 0 Å². The quantitative estimate of drug-likeness (QED) is 0.435. The van der Waals surface area contributed by atoms with E-state index >= 15 is 0 Å². The van der Waals surface area contributed by atoms with Crippen LogP contribution in [0, 0.1) is 0 Å². The van der Waals surface area contributed by atoms with E-state index < -0.39 is 6.04 Å². The van der Waals surface area contributed by atoms with E-state index in [1.165, 1.54) is 0 Å². The second-order valence-electron chi connectivity index (χ2n) is 4.30. The summed E-state index contributed by atoms with van der Waals surface area (Å²) in [5.41, 5.74) is 0. The molecule has 3 amide bonds. The van der Waals surface area contributed by atoms with Gasteiger partial charge in [-0.1, -0.05) is 0 Å². The molecule has 0 spiro atoms. The van der Waals surface area contributed by atoms with Crippen molar-refractivity contribution < 1.29 is 14.4 Å². The van der Waals surface area contributed by atoms with Crippen LogP contribution in [0.1, 0.15) is 12.8 Å². The highest BCUT2D eigenvalue weighted by Crippen LogP contribution is 2.18. The van der Waals surface area contributed by atoms with E-state index in [1.807, 2.05) is 0 Å². The highest BCUT2D eigenvalue weighted by Gasteiger charge is 2.25. The molecule has 7 heteroatoms. The number of amides is 3. The van der Waals surface area contributed by atoms with Gasteiger partial charge in [0.05, 0.1) is 13.1 Å². The maximum Gasteiger partial charge on any atom is 0.239 e. The SMILES string of the molecule is O=C1CNC(C(=O)NCC(=O)NC2CC2)CN1. The van der Waals surface area contributed by atoms with Crippen LogP contribution in [0.15, 0.2) is 0 Å². The van der Waals surface area contributed by atoms with Crippen LogP contribution in [0.5, 0.6) is 0 Å². The van der Waals surface area contributed by atoms with Gasteiger partial charge in [0, 0.05) is 12.6 Å². The van der Waals surface area contributed by atoms with E-state index in [2.05, 4.69) is 21.3 Å². The average Bonchev–Trinajstić information content (AvgIpc) is 3.11. The van der Waals surface area contributed by atoms with Crippen molar-refractivity contribution in [1.29, 1.82) is 0 Å². The molecule has 2 rings (SSSR count). The zero-order valence-corrected chi connectivity index (χ0v) is 9.41. The Kier molecular flexibility index (Phi) is 3.58. The Morgan fingerprint density at radius 1 is 1.35 bits per heavy atom. The molecule has 1 saturated carbocycles. The zero-order chi connectivity index (χ0) is 12.3. The van der Waals surface area contributed by atoms with Crippen LogP contribution in [0.25, 0.3) is 0 Å². The summed E-state index contributed by atoms with van der Waals surface area (Å²) in [5, 5.41) is 10.7. The molecule has 1 aliphatic carbocycles. The fraction of sp³-hybridized carbons (Fsp3) is 0.700. The normalized spacial score (nSPS) is 23.8. The largest absolute Gasteiger partial charge is 0.353 e. The molecule has 1 aliphatic heterocycles. The van der Waals surface area contributed by atoms with Crippen LogP contribution in [0.3, 0.4) is 0 Å². The predicted octanol–water partition coefficient (Wildman–Crippen LogP) is -2.53. The molecule has 1 unspecified atom stereocenters. The van der Waals surface area contributed by atoms with Crippen LogP contribution < -0.4 is 21.3 Å². The lowest BCUT2D eigenvalue weighted by Gasteiger charge is -2.22. The van der Waals surface area contributed by atoms with Crippen molar-refractivity contribution in [2.24, 2.45) is 0 Å². The minimum Gasteiger partial charge on any atom is -0.353 e. The maximum atomic E-state index is 11.6. The summed E-state index contributed by atoms with van der Waals surface area (Å²) in [6.45, 7) is 0.378. The standard InChI is InChI=1S/C10H16N4O3/c15-8-4-11-7(3-12-8)10(17)13-5-9(16)14-6-1-2-6/h6-7,11H,1-5H2,(H,12,15)(H,13,17)(H,14,16). The Morgan fingerprint density at radius 2 is 2.12 bits per heavy atom. The van der Waals surface area contributed by atoms with Gasteiger partial charge in [-0.15, -0.1) is 0 Å². The summed E-state index contributed by atoms with van der Waals surface area (Å²) < 4.78 is 0. The maximum absolute atomic E-state index is 11.6. The zero-order valence-electron chi connectivity index (χ0n) is 9.41. The summed E-state index contributed by atoms with van der Waals surface area (Å²) in [7, 11) is 0. The lowest BCUT2D eigenvalue weighted by Crippen LogP contribution is -2.58. The molecule has 94 valence electrons. The fourth-order valence-electron chi connectivity index (χ4n) is 1.55. The van der Waals surface area contributed by atoms with Crippen molar-refractivity contribution in [2.75, 3.05) is 19.6 Å². The molecule has 0 radical (unpaired) electrons. The molecule has 1 heterocycles. The molecule has 17 heavy (non-hydrogen) atoms. The van der Waals surface area contributed by atoms with Gasteiger partial charge in [-0.2, -0.15) is 0 Å². The third-order valence-electron chi connectivity index (χ3n) is 2.69. The molecule has 2 aliphatic rings. The van der Waals surface area contributed by atoms with Gasteiger partial charge in [-0.05, 0) is 12.8 Å². The molecule has 1 saturated heterocycles. The Labute approximate surface area is 98.7 Å². The van der Waals surface area contributed by atoms with Gasteiger partial charge in [0.1, 0.15) is 6.04 Å². The molecular weight excluding hydrogens is 224 g/mol. The van der Waals surface area contributed by atoms with Crippen LogP contribution >= 0.6 is 0 Å². The summed E-state index contributed by atoms with van der Waals surface area (Å²) in [4.78, 5) is 33.8. The number of rotatable bonds is 4. The number of carbonyl (C=O) groups excluding carboxylic acids is 3. The Morgan fingerprint density at radius 3 is 2.71 bits per heavy atom. The van der Waals surface area contributed by atoms with Crippen LogP contribution in [0.2, 0.25) is 0 Å². The molecule has 2 fully saturated rings. The second-order valence-corrected chi connectivity index (χ2v) is 4.30. The molecule has 0 aromatic heterocycles. The van der Waals surface area contributed by atoms with Crippen molar-refractivity contribution in [3.05, 3.63) is 0 Å². The average molecular weight is 240 g/mol. The summed E-state index contributed by atoms with van der Waals surface area (Å²) >= 11 is 0. The smallest absolute Gasteiger partial charge is 0.239 e. The van der Waals surface area contributed by atoms with Crippen LogP contribution in [-0.2, 0) is 14.4 Å². The fourth-order valence-corrected chi connectivity index (χ4v) is 1.55. The number of piperazine rings is 1. The first-order valence-electron chi connectivity index (χ1n) is 5.72. The van der Waals surface area contributed by atoms with E-state index in [0.717, 1.165) is 12.8 Å². The minimum atomic E-state index is -0.457. The number of nitrogens with one attached hydrogen (secondary N) is 4.